The Bertz CT molecular complexity index is 1420. The maximum Gasteiger partial charge on any atom is 0.273 e. The first-order valence-electron chi connectivity index (χ1n) is 11.8. The second-order valence-corrected chi connectivity index (χ2v) is 9.04. The molecule has 1 saturated heterocycles. The molecule has 1 aliphatic rings. The molecule has 39 heavy (non-hydrogen) atoms. The summed E-state index contributed by atoms with van der Waals surface area (Å²) < 4.78 is 16.0. The fourth-order valence-corrected chi connectivity index (χ4v) is 4.43. The molecule has 0 radical (unpaired) electrons. The number of rotatable bonds is 7. The molecule has 10 nitrogen and oxygen atoms in total. The van der Waals surface area contributed by atoms with E-state index in [-0.39, 0.29) is 39.8 Å². The SMILES string of the molecule is COc1cc(C(=O)N(NC(=O)c2ccccc2Cl)[C@H]2CC(=O)N(c3ccc(C)cc3)C2=O)cc(OC)c1OC. The standard InChI is InChI=1S/C28H26ClN3O7/c1-16-9-11-18(12-10-16)31-24(33)15-21(28(31)36)32(30-26(34)19-7-5-6-8-20(19)29)27(35)17-13-22(37-2)25(39-4)23(14-17)38-3/h5-14,21H,15H2,1-4H3,(H,30,34)/t21-/m0/s1. The van der Waals surface area contributed by atoms with E-state index >= 15 is 0 Å². The molecule has 1 N–H and O–H groups in total. The molecule has 4 rings (SSSR count). The first-order chi connectivity index (χ1) is 18.7. The number of nitrogens with one attached hydrogen (secondary N) is 1. The van der Waals surface area contributed by atoms with E-state index in [9.17, 15) is 19.2 Å². The van der Waals surface area contributed by atoms with Crippen LogP contribution in [-0.4, -0.2) is 56.0 Å². The third-order valence-corrected chi connectivity index (χ3v) is 6.53. The lowest BCUT2D eigenvalue weighted by atomic mass is 10.1. The van der Waals surface area contributed by atoms with Gasteiger partial charge in [-0.3, -0.25) is 24.6 Å². The van der Waals surface area contributed by atoms with Crippen LogP contribution in [0.25, 0.3) is 0 Å². The van der Waals surface area contributed by atoms with Crippen LogP contribution in [0.5, 0.6) is 17.2 Å². The number of nitrogens with zero attached hydrogens (tertiary/aromatic N) is 2. The van der Waals surface area contributed by atoms with E-state index in [1.807, 2.05) is 6.92 Å². The highest BCUT2D eigenvalue weighted by molar-refractivity contribution is 6.33. The molecule has 1 aliphatic heterocycles. The van der Waals surface area contributed by atoms with Crippen LogP contribution >= 0.6 is 11.6 Å². The molecule has 3 aromatic carbocycles. The van der Waals surface area contributed by atoms with Crippen LogP contribution < -0.4 is 24.5 Å². The molecule has 0 unspecified atom stereocenters. The van der Waals surface area contributed by atoms with E-state index in [1.165, 1.54) is 45.6 Å². The van der Waals surface area contributed by atoms with Crippen molar-refractivity contribution < 1.29 is 33.4 Å². The van der Waals surface area contributed by atoms with Crippen LogP contribution in [0.4, 0.5) is 5.69 Å². The Hall–Kier alpha value is -4.57. The lowest BCUT2D eigenvalue weighted by Crippen LogP contribution is -2.54. The van der Waals surface area contributed by atoms with Gasteiger partial charge >= 0.3 is 0 Å². The molecule has 0 spiro atoms. The van der Waals surface area contributed by atoms with Crippen molar-refractivity contribution in [1.82, 2.24) is 10.4 Å². The number of methoxy groups -OCH3 is 3. The zero-order chi connectivity index (χ0) is 28.3. The normalized spacial score (nSPS) is 14.7. The van der Waals surface area contributed by atoms with Crippen molar-refractivity contribution in [1.29, 1.82) is 0 Å². The van der Waals surface area contributed by atoms with Crippen molar-refractivity contribution in [2.45, 2.75) is 19.4 Å². The minimum atomic E-state index is -1.34. The van der Waals surface area contributed by atoms with Crippen LogP contribution in [0.1, 0.15) is 32.7 Å². The molecule has 202 valence electrons. The molecule has 0 saturated carbocycles. The number of amides is 4. The fraction of sp³-hybridized carbons (Fsp3) is 0.214. The van der Waals surface area contributed by atoms with Crippen molar-refractivity contribution >= 4 is 40.9 Å². The molecule has 0 aromatic heterocycles. The van der Waals surface area contributed by atoms with Gasteiger partial charge in [-0.2, -0.15) is 0 Å². The minimum Gasteiger partial charge on any atom is -0.493 e. The largest absolute Gasteiger partial charge is 0.493 e. The lowest BCUT2D eigenvalue weighted by molar-refractivity contribution is -0.122. The van der Waals surface area contributed by atoms with Crippen molar-refractivity contribution in [2.24, 2.45) is 0 Å². The summed E-state index contributed by atoms with van der Waals surface area (Å²) >= 11 is 6.20. The molecule has 3 aromatic rings. The predicted molar refractivity (Wildman–Crippen MR) is 143 cm³/mol. The molecule has 1 fully saturated rings. The molecular formula is C28H26ClN3O7. The number of halogens is 1. The molecule has 0 aliphatic carbocycles. The maximum absolute atomic E-state index is 13.9. The number of benzene rings is 3. The summed E-state index contributed by atoms with van der Waals surface area (Å²) in [6.45, 7) is 1.88. The van der Waals surface area contributed by atoms with E-state index in [4.69, 9.17) is 25.8 Å². The molecule has 0 bridgehead atoms. The Morgan fingerprint density at radius 1 is 0.949 bits per heavy atom. The second-order valence-electron chi connectivity index (χ2n) is 8.63. The molecular weight excluding hydrogens is 526 g/mol. The third-order valence-electron chi connectivity index (χ3n) is 6.20. The van der Waals surface area contributed by atoms with Gasteiger partial charge in [-0.1, -0.05) is 41.4 Å². The van der Waals surface area contributed by atoms with Gasteiger partial charge in [0.25, 0.3) is 17.7 Å². The van der Waals surface area contributed by atoms with Crippen molar-refractivity contribution in [3.8, 4) is 17.2 Å². The third kappa shape index (κ3) is 5.37. The van der Waals surface area contributed by atoms with Gasteiger partial charge < -0.3 is 14.2 Å². The fourth-order valence-electron chi connectivity index (χ4n) is 4.21. The Balaban J connectivity index is 1.77. The van der Waals surface area contributed by atoms with Crippen LogP contribution in [0.3, 0.4) is 0 Å². The predicted octanol–water partition coefficient (Wildman–Crippen LogP) is 3.79. The van der Waals surface area contributed by atoms with E-state index in [0.29, 0.717) is 5.69 Å². The number of carbonyl (C=O) groups excluding carboxylic acids is 4. The Labute approximate surface area is 230 Å². The number of carbonyl (C=O) groups is 4. The molecule has 1 atom stereocenters. The average Bonchev–Trinajstić information content (AvgIpc) is 3.24. The monoisotopic (exact) mass is 551 g/mol. The topological polar surface area (TPSA) is 114 Å². The van der Waals surface area contributed by atoms with Crippen LogP contribution in [-0.2, 0) is 9.59 Å². The molecule has 4 amide bonds. The van der Waals surface area contributed by atoms with Gasteiger partial charge in [-0.05, 0) is 43.3 Å². The first-order valence-corrected chi connectivity index (χ1v) is 12.2. The number of hydrogen-bond donors (Lipinski definition) is 1. The van der Waals surface area contributed by atoms with E-state index in [1.54, 1.807) is 36.4 Å². The molecule has 11 heteroatoms. The minimum absolute atomic E-state index is 0.0120. The summed E-state index contributed by atoms with van der Waals surface area (Å²) in [7, 11) is 4.20. The number of hydrogen-bond acceptors (Lipinski definition) is 7. The van der Waals surface area contributed by atoms with Crippen molar-refractivity contribution in [3.63, 3.8) is 0 Å². The zero-order valence-electron chi connectivity index (χ0n) is 21.7. The Kier molecular flexibility index (Phi) is 8.06. The van der Waals surface area contributed by atoms with Crippen LogP contribution in [0.15, 0.2) is 60.7 Å². The van der Waals surface area contributed by atoms with Gasteiger partial charge in [0, 0.05) is 5.56 Å². The van der Waals surface area contributed by atoms with Crippen molar-refractivity contribution in [3.05, 3.63) is 82.4 Å². The highest BCUT2D eigenvalue weighted by Gasteiger charge is 2.46. The summed E-state index contributed by atoms with van der Waals surface area (Å²) in [5.74, 6) is -2.10. The van der Waals surface area contributed by atoms with Gasteiger partial charge in [0.05, 0.1) is 44.0 Å². The second kappa shape index (κ2) is 11.4. The number of hydrazine groups is 1. The maximum atomic E-state index is 13.9. The summed E-state index contributed by atoms with van der Waals surface area (Å²) in [6.07, 6.45) is -0.355. The van der Waals surface area contributed by atoms with Gasteiger partial charge in [-0.15, -0.1) is 0 Å². The quantitative estimate of drug-likeness (QED) is 0.351. The van der Waals surface area contributed by atoms with E-state index in [0.717, 1.165) is 15.5 Å². The number of imide groups is 1. The van der Waals surface area contributed by atoms with Gasteiger partial charge in [0.2, 0.25) is 11.7 Å². The first kappa shape index (κ1) is 27.5. The average molecular weight is 552 g/mol. The summed E-state index contributed by atoms with van der Waals surface area (Å²) in [6, 6.07) is 14.5. The van der Waals surface area contributed by atoms with E-state index < -0.39 is 29.7 Å². The van der Waals surface area contributed by atoms with Crippen LogP contribution in [0, 0.1) is 6.92 Å². The summed E-state index contributed by atoms with van der Waals surface area (Å²) in [4.78, 5) is 54.7. The lowest BCUT2D eigenvalue weighted by Gasteiger charge is -2.28. The van der Waals surface area contributed by atoms with Gasteiger partial charge in [-0.25, -0.2) is 9.91 Å². The van der Waals surface area contributed by atoms with Gasteiger partial charge in [0.1, 0.15) is 6.04 Å². The van der Waals surface area contributed by atoms with Gasteiger partial charge in [0.15, 0.2) is 11.5 Å². The van der Waals surface area contributed by atoms with E-state index in [2.05, 4.69) is 5.43 Å². The van der Waals surface area contributed by atoms with Crippen LogP contribution in [0.2, 0.25) is 5.02 Å². The summed E-state index contributed by atoms with van der Waals surface area (Å²) in [5, 5.41) is 0.992. The Morgan fingerprint density at radius 2 is 1.56 bits per heavy atom. The molecule has 1 heterocycles. The number of ether oxygens (including phenoxy) is 3. The van der Waals surface area contributed by atoms with Crippen molar-refractivity contribution in [2.75, 3.05) is 26.2 Å². The Morgan fingerprint density at radius 3 is 2.13 bits per heavy atom. The summed E-state index contributed by atoms with van der Waals surface area (Å²) in [5.41, 5.74) is 3.89. The highest BCUT2D eigenvalue weighted by Crippen LogP contribution is 2.39. The smallest absolute Gasteiger partial charge is 0.273 e. The zero-order valence-corrected chi connectivity index (χ0v) is 22.4. The number of aryl methyl sites for hydroxylation is 1. The number of anilines is 1. The highest BCUT2D eigenvalue weighted by atomic mass is 35.5.